The van der Waals surface area contributed by atoms with Crippen LogP contribution in [-0.4, -0.2) is 18.8 Å². The monoisotopic (exact) mass is 317 g/mol. The highest BCUT2D eigenvalue weighted by molar-refractivity contribution is 5.90. The third-order valence-corrected chi connectivity index (χ3v) is 7.28. The first-order valence-corrected chi connectivity index (χ1v) is 9.28. The molecule has 3 fully saturated rings. The van der Waals surface area contributed by atoms with Gasteiger partial charge in [0.15, 0.2) is 0 Å². The van der Waals surface area contributed by atoms with Crippen LogP contribution in [0.25, 0.3) is 0 Å². The predicted molar refractivity (Wildman–Crippen MR) is 92.5 cm³/mol. The zero-order chi connectivity index (χ0) is 16.7. The van der Waals surface area contributed by atoms with Crippen LogP contribution < -0.4 is 0 Å². The van der Waals surface area contributed by atoms with Crippen LogP contribution in [0.1, 0.15) is 65.7 Å². The average Bonchev–Trinajstić information content (AvgIpc) is 2.91. The van der Waals surface area contributed by atoms with Gasteiger partial charge in [0, 0.05) is 23.6 Å². The molecule has 2 saturated carbocycles. The SMILES string of the molecule is CC1CCC2[C@](C)(CCC[C@@]2(C)C=N)[C@H]1C/C=C1\CCOC1=O. The molecule has 3 rings (SSSR count). The topological polar surface area (TPSA) is 50.1 Å². The Balaban J connectivity index is 1.85. The normalized spacial score (nSPS) is 45.6. The molecule has 0 amide bonds. The first-order chi connectivity index (χ1) is 10.9. The Morgan fingerprint density at radius 2 is 2.09 bits per heavy atom. The standard InChI is InChI=1S/C20H31NO2/c1-14-5-8-17-19(2,13-21)10-4-11-20(17,3)16(14)7-6-15-9-12-23-18(15)22/h6,13-14,16-17,21H,4-5,7-12H2,1-3H3/b15-6+,21-13?/t14?,16-,17?,19-,20+/m0/s1. The Hall–Kier alpha value is -1.12. The summed E-state index contributed by atoms with van der Waals surface area (Å²) in [6.45, 7) is 7.69. The van der Waals surface area contributed by atoms with Crippen molar-refractivity contribution < 1.29 is 9.53 Å². The molecule has 3 aliphatic rings. The van der Waals surface area contributed by atoms with E-state index < -0.39 is 0 Å². The molecule has 1 aliphatic heterocycles. The molecule has 0 aromatic rings. The van der Waals surface area contributed by atoms with E-state index in [0.717, 1.165) is 24.8 Å². The van der Waals surface area contributed by atoms with Gasteiger partial charge in [-0.3, -0.25) is 0 Å². The van der Waals surface area contributed by atoms with Gasteiger partial charge in [0.1, 0.15) is 0 Å². The van der Waals surface area contributed by atoms with Crippen molar-refractivity contribution in [3.8, 4) is 0 Å². The molecule has 128 valence electrons. The summed E-state index contributed by atoms with van der Waals surface area (Å²) in [5, 5.41) is 7.99. The van der Waals surface area contributed by atoms with E-state index in [0.29, 0.717) is 29.8 Å². The van der Waals surface area contributed by atoms with Gasteiger partial charge in [-0.2, -0.15) is 0 Å². The van der Waals surface area contributed by atoms with Crippen LogP contribution in [0.15, 0.2) is 11.6 Å². The van der Waals surface area contributed by atoms with E-state index in [2.05, 4.69) is 26.8 Å². The van der Waals surface area contributed by atoms with Gasteiger partial charge in [-0.25, -0.2) is 4.79 Å². The molecule has 0 bridgehead atoms. The molecule has 5 atom stereocenters. The Morgan fingerprint density at radius 1 is 1.30 bits per heavy atom. The van der Waals surface area contributed by atoms with E-state index >= 15 is 0 Å². The van der Waals surface area contributed by atoms with Crippen molar-refractivity contribution in [1.29, 1.82) is 5.41 Å². The van der Waals surface area contributed by atoms with Crippen molar-refractivity contribution >= 4 is 12.2 Å². The van der Waals surface area contributed by atoms with Crippen LogP contribution in [0.3, 0.4) is 0 Å². The lowest BCUT2D eigenvalue weighted by atomic mass is 9.46. The summed E-state index contributed by atoms with van der Waals surface area (Å²) in [6.07, 6.45) is 11.8. The lowest BCUT2D eigenvalue weighted by molar-refractivity contribution is -0.135. The number of ether oxygens (including phenoxy) is 1. The largest absolute Gasteiger partial charge is 0.462 e. The summed E-state index contributed by atoms with van der Waals surface area (Å²) in [7, 11) is 0. The fourth-order valence-electron chi connectivity index (χ4n) is 5.91. The Morgan fingerprint density at radius 3 is 2.74 bits per heavy atom. The van der Waals surface area contributed by atoms with Crippen LogP contribution in [0.2, 0.25) is 0 Å². The molecule has 3 heteroatoms. The lowest BCUT2D eigenvalue weighted by Crippen LogP contribution is -2.52. The highest BCUT2D eigenvalue weighted by atomic mass is 16.5. The van der Waals surface area contributed by atoms with Crippen LogP contribution in [-0.2, 0) is 9.53 Å². The number of allylic oxidation sites excluding steroid dienone is 1. The van der Waals surface area contributed by atoms with Crippen molar-refractivity contribution in [2.24, 2.45) is 28.6 Å². The van der Waals surface area contributed by atoms with E-state index in [1.165, 1.54) is 25.7 Å². The first-order valence-electron chi connectivity index (χ1n) is 9.28. The predicted octanol–water partition coefficient (Wildman–Crippen LogP) is 4.76. The molecular weight excluding hydrogens is 286 g/mol. The van der Waals surface area contributed by atoms with Gasteiger partial charge in [0.25, 0.3) is 0 Å². The molecule has 3 nitrogen and oxygen atoms in total. The molecule has 2 unspecified atom stereocenters. The zero-order valence-electron chi connectivity index (χ0n) is 14.9. The molecule has 0 spiro atoms. The molecule has 1 heterocycles. The summed E-state index contributed by atoms with van der Waals surface area (Å²) in [5.74, 6) is 1.81. The molecule has 2 aliphatic carbocycles. The first kappa shape index (κ1) is 16.7. The van der Waals surface area contributed by atoms with E-state index in [9.17, 15) is 4.79 Å². The van der Waals surface area contributed by atoms with Gasteiger partial charge >= 0.3 is 5.97 Å². The van der Waals surface area contributed by atoms with Crippen molar-refractivity contribution in [3.05, 3.63) is 11.6 Å². The third-order valence-electron chi connectivity index (χ3n) is 7.28. The maximum atomic E-state index is 11.7. The third kappa shape index (κ3) is 2.77. The second-order valence-electron chi connectivity index (χ2n) is 8.57. The van der Waals surface area contributed by atoms with Gasteiger partial charge in [-0.15, -0.1) is 0 Å². The second-order valence-corrected chi connectivity index (χ2v) is 8.57. The Bertz CT molecular complexity index is 526. The van der Waals surface area contributed by atoms with Crippen LogP contribution in [0.5, 0.6) is 0 Å². The summed E-state index contributed by atoms with van der Waals surface area (Å²) in [5.41, 5.74) is 1.24. The molecule has 1 saturated heterocycles. The van der Waals surface area contributed by atoms with Crippen molar-refractivity contribution in [2.75, 3.05) is 6.61 Å². The number of hydrogen-bond donors (Lipinski definition) is 1. The van der Waals surface area contributed by atoms with E-state index in [-0.39, 0.29) is 11.4 Å². The quantitative estimate of drug-likeness (QED) is 0.463. The van der Waals surface area contributed by atoms with Gasteiger partial charge in [-0.05, 0) is 48.9 Å². The minimum atomic E-state index is -0.108. The van der Waals surface area contributed by atoms with Crippen LogP contribution >= 0.6 is 0 Å². The van der Waals surface area contributed by atoms with Crippen LogP contribution in [0, 0.1) is 34.0 Å². The minimum absolute atomic E-state index is 0.0603. The highest BCUT2D eigenvalue weighted by Crippen LogP contribution is 2.61. The number of rotatable bonds is 3. The number of nitrogens with one attached hydrogen (secondary N) is 1. The van der Waals surface area contributed by atoms with Gasteiger partial charge in [0.2, 0.25) is 0 Å². The summed E-state index contributed by atoms with van der Waals surface area (Å²) >= 11 is 0. The van der Waals surface area contributed by atoms with Crippen molar-refractivity contribution in [2.45, 2.75) is 65.7 Å². The number of carbonyl (C=O) groups excluding carboxylic acids is 1. The van der Waals surface area contributed by atoms with Crippen molar-refractivity contribution in [1.82, 2.24) is 0 Å². The van der Waals surface area contributed by atoms with Gasteiger partial charge in [0.05, 0.1) is 6.61 Å². The fourth-order valence-corrected chi connectivity index (χ4v) is 5.91. The van der Waals surface area contributed by atoms with E-state index in [1.807, 2.05) is 0 Å². The molecular formula is C20H31NO2. The molecule has 1 N–H and O–H groups in total. The maximum absolute atomic E-state index is 11.7. The number of esters is 1. The lowest BCUT2D eigenvalue weighted by Gasteiger charge is -2.59. The van der Waals surface area contributed by atoms with Crippen LogP contribution in [0.4, 0.5) is 0 Å². The average molecular weight is 317 g/mol. The zero-order valence-corrected chi connectivity index (χ0v) is 14.9. The minimum Gasteiger partial charge on any atom is -0.462 e. The summed E-state index contributed by atoms with van der Waals surface area (Å²) in [4.78, 5) is 11.7. The summed E-state index contributed by atoms with van der Waals surface area (Å²) < 4.78 is 5.08. The van der Waals surface area contributed by atoms with Gasteiger partial charge < -0.3 is 10.1 Å². The fraction of sp³-hybridized carbons (Fsp3) is 0.800. The number of carbonyl (C=O) groups is 1. The molecule has 23 heavy (non-hydrogen) atoms. The molecule has 0 aromatic carbocycles. The number of hydrogen-bond acceptors (Lipinski definition) is 3. The smallest absolute Gasteiger partial charge is 0.333 e. The van der Waals surface area contributed by atoms with Gasteiger partial charge in [-0.1, -0.05) is 39.7 Å². The number of cyclic esters (lactones) is 1. The Labute approximate surface area is 140 Å². The number of fused-ring (bicyclic) bond motifs is 1. The second kappa shape index (κ2) is 6.07. The molecule has 0 radical (unpaired) electrons. The van der Waals surface area contributed by atoms with Crippen molar-refractivity contribution in [3.63, 3.8) is 0 Å². The molecule has 0 aromatic heterocycles. The Kier molecular flexibility index (Phi) is 4.41. The highest BCUT2D eigenvalue weighted by Gasteiger charge is 2.54. The van der Waals surface area contributed by atoms with E-state index in [4.69, 9.17) is 10.1 Å². The van der Waals surface area contributed by atoms with E-state index in [1.54, 1.807) is 6.21 Å². The maximum Gasteiger partial charge on any atom is 0.333 e. The summed E-state index contributed by atoms with van der Waals surface area (Å²) in [6, 6.07) is 0.